The molecule has 0 amide bonds. The Labute approximate surface area is 114 Å². The Morgan fingerprint density at radius 1 is 1.32 bits per heavy atom. The molecule has 1 fully saturated rings. The molecule has 0 spiro atoms. The number of rotatable bonds is 1. The molecule has 0 aliphatic heterocycles. The Hall–Kier alpha value is -1.67. The summed E-state index contributed by atoms with van der Waals surface area (Å²) < 4.78 is 15.8. The Balaban J connectivity index is 1.99. The van der Waals surface area contributed by atoms with Crippen LogP contribution in [0.25, 0.3) is 11.0 Å². The Morgan fingerprint density at radius 2 is 2.05 bits per heavy atom. The number of nitrogens with zero attached hydrogens (tertiary/aromatic N) is 4. The van der Waals surface area contributed by atoms with Crippen LogP contribution in [0.4, 0.5) is 4.39 Å². The van der Waals surface area contributed by atoms with E-state index in [2.05, 4.69) is 16.0 Å². The van der Waals surface area contributed by atoms with Crippen LogP contribution in [-0.4, -0.2) is 14.5 Å². The van der Waals surface area contributed by atoms with Crippen molar-refractivity contribution >= 4 is 22.6 Å². The molecule has 3 rings (SSSR count). The van der Waals surface area contributed by atoms with Crippen LogP contribution < -0.4 is 0 Å². The predicted octanol–water partition coefficient (Wildman–Crippen LogP) is 3.48. The highest BCUT2D eigenvalue weighted by Crippen LogP contribution is 2.35. The molecule has 0 bridgehead atoms. The molecule has 0 radical (unpaired) electrons. The molecule has 1 saturated carbocycles. The summed E-state index contributed by atoms with van der Waals surface area (Å²) in [6.07, 6.45) is 6.22. The summed E-state index contributed by atoms with van der Waals surface area (Å²) >= 11 is 5.91. The Bertz CT molecular complexity index is 652. The van der Waals surface area contributed by atoms with Gasteiger partial charge in [-0.1, -0.05) is 11.6 Å². The molecule has 2 heterocycles. The smallest absolute Gasteiger partial charge is 0.153 e. The average molecular weight is 279 g/mol. The van der Waals surface area contributed by atoms with Crippen LogP contribution in [0.2, 0.25) is 5.15 Å². The van der Waals surface area contributed by atoms with Gasteiger partial charge in [-0.25, -0.2) is 14.4 Å². The van der Waals surface area contributed by atoms with Crippen molar-refractivity contribution in [2.45, 2.75) is 31.7 Å². The molecule has 19 heavy (non-hydrogen) atoms. The van der Waals surface area contributed by atoms with Crippen LogP contribution in [0, 0.1) is 23.1 Å². The molecule has 2 aromatic heterocycles. The monoisotopic (exact) mass is 278 g/mol. The van der Waals surface area contributed by atoms with E-state index in [9.17, 15) is 4.39 Å². The maximum Gasteiger partial charge on any atom is 0.153 e. The van der Waals surface area contributed by atoms with Crippen molar-refractivity contribution in [3.8, 4) is 6.07 Å². The largest absolute Gasteiger partial charge is 0.326 e. The zero-order valence-corrected chi connectivity index (χ0v) is 10.9. The van der Waals surface area contributed by atoms with Crippen molar-refractivity contribution in [2.75, 3.05) is 0 Å². The highest BCUT2D eigenvalue weighted by Gasteiger charge is 2.25. The fourth-order valence-electron chi connectivity index (χ4n) is 2.77. The van der Waals surface area contributed by atoms with Gasteiger partial charge in [0, 0.05) is 18.2 Å². The van der Waals surface area contributed by atoms with Crippen LogP contribution in [0.5, 0.6) is 0 Å². The summed E-state index contributed by atoms with van der Waals surface area (Å²) in [5, 5.41) is 9.33. The van der Waals surface area contributed by atoms with Crippen molar-refractivity contribution in [3.05, 3.63) is 23.5 Å². The number of hydrogen-bond donors (Lipinski definition) is 0. The van der Waals surface area contributed by atoms with E-state index in [-0.39, 0.29) is 28.3 Å². The topological polar surface area (TPSA) is 54.5 Å². The number of aromatic nitrogens is 3. The van der Waals surface area contributed by atoms with E-state index in [0.717, 1.165) is 25.7 Å². The second kappa shape index (κ2) is 4.78. The van der Waals surface area contributed by atoms with Gasteiger partial charge >= 0.3 is 0 Å². The highest BCUT2D eigenvalue weighted by atomic mass is 35.5. The molecule has 6 heteroatoms. The van der Waals surface area contributed by atoms with Crippen LogP contribution >= 0.6 is 11.6 Å². The van der Waals surface area contributed by atoms with Gasteiger partial charge < -0.3 is 4.57 Å². The SMILES string of the molecule is N#CC1CCC(n2cc(F)c3c(Cl)ncnc32)CC1. The number of nitriles is 1. The molecule has 1 aliphatic carbocycles. The first-order chi connectivity index (χ1) is 9.20. The first-order valence-electron chi connectivity index (χ1n) is 6.27. The van der Waals surface area contributed by atoms with E-state index in [4.69, 9.17) is 16.9 Å². The zero-order valence-electron chi connectivity index (χ0n) is 10.2. The molecular formula is C13H12ClFN4. The summed E-state index contributed by atoms with van der Waals surface area (Å²) in [6, 6.07) is 2.48. The lowest BCUT2D eigenvalue weighted by Crippen LogP contribution is -2.17. The van der Waals surface area contributed by atoms with Crippen LogP contribution in [0.3, 0.4) is 0 Å². The van der Waals surface area contributed by atoms with Crippen molar-refractivity contribution < 1.29 is 4.39 Å². The van der Waals surface area contributed by atoms with E-state index in [1.54, 1.807) is 0 Å². The molecule has 0 unspecified atom stereocenters. The first kappa shape index (κ1) is 12.4. The van der Waals surface area contributed by atoms with Gasteiger partial charge in [0.15, 0.2) is 5.82 Å². The third kappa shape index (κ3) is 2.06. The van der Waals surface area contributed by atoms with E-state index in [1.165, 1.54) is 12.5 Å². The molecule has 4 nitrogen and oxygen atoms in total. The zero-order chi connectivity index (χ0) is 13.4. The van der Waals surface area contributed by atoms with Gasteiger partial charge in [-0.05, 0) is 25.7 Å². The fraction of sp³-hybridized carbons (Fsp3) is 0.462. The predicted molar refractivity (Wildman–Crippen MR) is 69.1 cm³/mol. The van der Waals surface area contributed by atoms with E-state index in [0.29, 0.717) is 5.65 Å². The van der Waals surface area contributed by atoms with Gasteiger partial charge in [0.1, 0.15) is 17.1 Å². The average Bonchev–Trinajstić information content (AvgIpc) is 2.78. The summed E-state index contributed by atoms with van der Waals surface area (Å²) in [5.74, 6) is -0.260. The maximum atomic E-state index is 13.9. The standard InChI is InChI=1S/C13H12ClFN4/c14-12-11-10(15)6-19(13(11)18-7-17-12)9-3-1-8(5-16)2-4-9/h6-9H,1-4H2. The molecule has 98 valence electrons. The van der Waals surface area contributed by atoms with Gasteiger partial charge in [0.05, 0.1) is 11.5 Å². The summed E-state index contributed by atoms with van der Waals surface area (Å²) in [6.45, 7) is 0. The van der Waals surface area contributed by atoms with Gasteiger partial charge in [-0.15, -0.1) is 0 Å². The van der Waals surface area contributed by atoms with E-state index in [1.807, 2.05) is 4.57 Å². The molecule has 2 aromatic rings. The summed E-state index contributed by atoms with van der Waals surface area (Å²) in [4.78, 5) is 7.95. The minimum absolute atomic E-state index is 0.126. The van der Waals surface area contributed by atoms with Crippen LogP contribution in [0.15, 0.2) is 12.5 Å². The van der Waals surface area contributed by atoms with E-state index >= 15 is 0 Å². The number of fused-ring (bicyclic) bond motifs is 1. The Morgan fingerprint density at radius 3 is 2.74 bits per heavy atom. The van der Waals surface area contributed by atoms with Crippen molar-refractivity contribution in [1.29, 1.82) is 5.26 Å². The number of halogens is 2. The van der Waals surface area contributed by atoms with Crippen LogP contribution in [0.1, 0.15) is 31.7 Å². The second-order valence-corrected chi connectivity index (χ2v) is 5.24. The lowest BCUT2D eigenvalue weighted by Gasteiger charge is -2.26. The molecule has 0 N–H and O–H groups in total. The normalized spacial score (nSPS) is 23.4. The molecule has 0 saturated heterocycles. The van der Waals surface area contributed by atoms with Gasteiger partial charge in [0.25, 0.3) is 0 Å². The van der Waals surface area contributed by atoms with Gasteiger partial charge in [0.2, 0.25) is 0 Å². The minimum Gasteiger partial charge on any atom is -0.326 e. The molecule has 1 aliphatic rings. The van der Waals surface area contributed by atoms with Crippen molar-refractivity contribution in [2.24, 2.45) is 5.92 Å². The molecule has 0 aromatic carbocycles. The number of hydrogen-bond acceptors (Lipinski definition) is 3. The quantitative estimate of drug-likeness (QED) is 0.751. The third-order valence-corrected chi connectivity index (χ3v) is 4.08. The second-order valence-electron chi connectivity index (χ2n) is 4.88. The van der Waals surface area contributed by atoms with Crippen molar-refractivity contribution in [1.82, 2.24) is 14.5 Å². The lowest BCUT2D eigenvalue weighted by atomic mass is 9.87. The maximum absolute atomic E-state index is 13.9. The Kier molecular flexibility index (Phi) is 3.11. The van der Waals surface area contributed by atoms with Crippen LogP contribution in [-0.2, 0) is 0 Å². The summed E-state index contributed by atoms with van der Waals surface area (Å²) in [7, 11) is 0. The van der Waals surface area contributed by atoms with Crippen molar-refractivity contribution in [3.63, 3.8) is 0 Å². The highest BCUT2D eigenvalue weighted by molar-refractivity contribution is 6.33. The third-order valence-electron chi connectivity index (χ3n) is 3.79. The summed E-state index contributed by atoms with van der Waals surface area (Å²) in [5.41, 5.74) is 0.540. The minimum atomic E-state index is -0.386. The van der Waals surface area contributed by atoms with Gasteiger partial charge in [-0.2, -0.15) is 5.26 Å². The van der Waals surface area contributed by atoms with Gasteiger partial charge in [-0.3, -0.25) is 0 Å². The molecule has 0 atom stereocenters. The fourth-order valence-corrected chi connectivity index (χ4v) is 2.98. The first-order valence-corrected chi connectivity index (χ1v) is 6.64. The lowest BCUT2D eigenvalue weighted by molar-refractivity contribution is 0.316. The molecular weight excluding hydrogens is 267 g/mol. The van der Waals surface area contributed by atoms with E-state index < -0.39 is 0 Å².